The van der Waals surface area contributed by atoms with Crippen LogP contribution < -0.4 is 9.64 Å². The fourth-order valence-electron chi connectivity index (χ4n) is 3.59. The third-order valence-corrected chi connectivity index (χ3v) is 5.01. The lowest BCUT2D eigenvalue weighted by Crippen LogP contribution is -2.31. The molecule has 2 aromatic carbocycles. The van der Waals surface area contributed by atoms with Gasteiger partial charge in [0.05, 0.1) is 25.0 Å². The van der Waals surface area contributed by atoms with Crippen molar-refractivity contribution in [1.82, 2.24) is 0 Å². The lowest BCUT2D eigenvalue weighted by molar-refractivity contribution is -0.117. The number of nitrogens with zero attached hydrogens (tertiary/aromatic N) is 1. The predicted octanol–water partition coefficient (Wildman–Crippen LogP) is 4.38. The molecule has 2 heterocycles. The van der Waals surface area contributed by atoms with E-state index in [1.807, 2.05) is 31.2 Å². The zero-order valence-electron chi connectivity index (χ0n) is 16.0. The first-order valence-electron chi connectivity index (χ1n) is 9.07. The topological polar surface area (TPSA) is 80.0 Å². The summed E-state index contributed by atoms with van der Waals surface area (Å²) in [5.74, 6) is -1.14. The fraction of sp³-hybridized carbons (Fsp3) is 0.130. The normalized spacial score (nSPS) is 16.4. The highest BCUT2D eigenvalue weighted by Crippen LogP contribution is 2.43. The molecular formula is C23H19NO5. The Kier molecular flexibility index (Phi) is 4.68. The SMILES string of the molecule is COc1cccc(N2C(=O)C(O)=C(C(=O)c3ccco3)C2c2ccccc2C)c1. The van der Waals surface area contributed by atoms with Gasteiger partial charge < -0.3 is 14.3 Å². The second-order valence-electron chi connectivity index (χ2n) is 6.70. The summed E-state index contributed by atoms with van der Waals surface area (Å²) in [6.07, 6.45) is 1.38. The van der Waals surface area contributed by atoms with Crippen molar-refractivity contribution < 1.29 is 23.8 Å². The molecule has 146 valence electrons. The van der Waals surface area contributed by atoms with Gasteiger partial charge in [0.15, 0.2) is 11.5 Å². The van der Waals surface area contributed by atoms with Gasteiger partial charge in [0.1, 0.15) is 5.75 Å². The van der Waals surface area contributed by atoms with E-state index >= 15 is 0 Å². The van der Waals surface area contributed by atoms with Crippen molar-refractivity contribution in [2.45, 2.75) is 13.0 Å². The molecule has 1 aliphatic heterocycles. The van der Waals surface area contributed by atoms with Crippen molar-refractivity contribution >= 4 is 17.4 Å². The highest BCUT2D eigenvalue weighted by atomic mass is 16.5. The molecule has 3 aromatic rings. The number of rotatable bonds is 5. The number of amides is 1. The average molecular weight is 389 g/mol. The van der Waals surface area contributed by atoms with Gasteiger partial charge in [-0.25, -0.2) is 0 Å². The maximum Gasteiger partial charge on any atom is 0.294 e. The minimum absolute atomic E-state index is 0.0120. The Morgan fingerprint density at radius 2 is 1.90 bits per heavy atom. The van der Waals surface area contributed by atoms with Crippen LogP contribution in [0.5, 0.6) is 5.75 Å². The molecule has 1 N–H and O–H groups in total. The number of methoxy groups -OCH3 is 1. The minimum atomic E-state index is -0.798. The molecule has 0 fully saturated rings. The first-order valence-corrected chi connectivity index (χ1v) is 9.07. The number of ketones is 1. The van der Waals surface area contributed by atoms with Crippen molar-refractivity contribution in [2.24, 2.45) is 0 Å². The van der Waals surface area contributed by atoms with Gasteiger partial charge >= 0.3 is 0 Å². The van der Waals surface area contributed by atoms with E-state index in [-0.39, 0.29) is 11.3 Å². The molecule has 1 amide bonds. The molecule has 6 heteroatoms. The maximum absolute atomic E-state index is 13.1. The summed E-state index contributed by atoms with van der Waals surface area (Å²) in [4.78, 5) is 27.6. The summed E-state index contributed by atoms with van der Waals surface area (Å²) in [5.41, 5.74) is 2.12. The summed E-state index contributed by atoms with van der Waals surface area (Å²) >= 11 is 0. The van der Waals surface area contributed by atoms with Gasteiger partial charge in [-0.1, -0.05) is 30.3 Å². The number of hydrogen-bond acceptors (Lipinski definition) is 5. The van der Waals surface area contributed by atoms with E-state index in [0.717, 1.165) is 11.1 Å². The van der Waals surface area contributed by atoms with Gasteiger partial charge in [-0.2, -0.15) is 0 Å². The number of aliphatic hydroxyl groups excluding tert-OH is 1. The van der Waals surface area contributed by atoms with E-state index < -0.39 is 23.5 Å². The summed E-state index contributed by atoms with van der Waals surface area (Å²) in [7, 11) is 1.53. The van der Waals surface area contributed by atoms with Crippen molar-refractivity contribution in [3.63, 3.8) is 0 Å². The number of ether oxygens (including phenoxy) is 1. The smallest absolute Gasteiger partial charge is 0.294 e. The van der Waals surface area contributed by atoms with E-state index in [0.29, 0.717) is 11.4 Å². The molecule has 4 rings (SSSR count). The number of Topliss-reactive ketones (excluding diaryl/α,β-unsaturated/α-hetero) is 1. The molecule has 0 radical (unpaired) electrons. The van der Waals surface area contributed by atoms with Crippen LogP contribution in [0.15, 0.2) is 82.7 Å². The Morgan fingerprint density at radius 3 is 2.59 bits per heavy atom. The number of carbonyl (C=O) groups excluding carboxylic acids is 2. The van der Waals surface area contributed by atoms with Crippen LogP contribution in [0.1, 0.15) is 27.7 Å². The molecule has 1 aliphatic rings. The number of anilines is 1. The molecule has 0 aliphatic carbocycles. The third-order valence-electron chi connectivity index (χ3n) is 5.01. The third kappa shape index (κ3) is 3.08. The first-order chi connectivity index (χ1) is 14.0. The molecule has 1 atom stereocenters. The highest BCUT2D eigenvalue weighted by Gasteiger charge is 2.45. The van der Waals surface area contributed by atoms with Crippen LogP contribution in [0.25, 0.3) is 0 Å². The molecular weight excluding hydrogens is 370 g/mol. The zero-order valence-corrected chi connectivity index (χ0v) is 16.0. The quantitative estimate of drug-likeness (QED) is 0.655. The predicted molar refractivity (Wildman–Crippen MR) is 107 cm³/mol. The first kappa shape index (κ1) is 18.6. The molecule has 29 heavy (non-hydrogen) atoms. The maximum atomic E-state index is 13.1. The largest absolute Gasteiger partial charge is 0.503 e. The van der Waals surface area contributed by atoms with Gasteiger partial charge in [0.25, 0.3) is 5.91 Å². The standard InChI is InChI=1S/C23H19NO5/c1-14-7-3-4-10-17(14)20-19(21(25)18-11-6-12-29-18)22(26)23(27)24(20)15-8-5-9-16(13-15)28-2/h3-13,20,26H,1-2H3. The van der Waals surface area contributed by atoms with Crippen LogP contribution in [0, 0.1) is 6.92 Å². The number of hydrogen-bond donors (Lipinski definition) is 1. The van der Waals surface area contributed by atoms with Crippen LogP contribution in [0.3, 0.4) is 0 Å². The zero-order chi connectivity index (χ0) is 20.5. The average Bonchev–Trinajstić information content (AvgIpc) is 3.36. The van der Waals surface area contributed by atoms with E-state index in [9.17, 15) is 14.7 Å². The summed E-state index contributed by atoms with van der Waals surface area (Å²) in [6.45, 7) is 1.90. The van der Waals surface area contributed by atoms with Crippen LogP contribution in [0.2, 0.25) is 0 Å². The van der Waals surface area contributed by atoms with Crippen LogP contribution in [0.4, 0.5) is 5.69 Å². The van der Waals surface area contributed by atoms with Crippen molar-refractivity contribution in [2.75, 3.05) is 12.0 Å². The van der Waals surface area contributed by atoms with Gasteiger partial charge in [0.2, 0.25) is 5.78 Å². The van der Waals surface area contributed by atoms with E-state index in [4.69, 9.17) is 9.15 Å². The van der Waals surface area contributed by atoms with Crippen molar-refractivity contribution in [3.8, 4) is 5.75 Å². The number of aryl methyl sites for hydroxylation is 1. The molecule has 0 spiro atoms. The Balaban J connectivity index is 1.91. The Morgan fingerprint density at radius 1 is 1.10 bits per heavy atom. The van der Waals surface area contributed by atoms with Crippen molar-refractivity contribution in [3.05, 3.63) is 95.1 Å². The number of carbonyl (C=O) groups is 2. The second-order valence-corrected chi connectivity index (χ2v) is 6.70. The number of furan rings is 1. The molecule has 0 saturated heterocycles. The Bertz CT molecular complexity index is 1110. The molecule has 6 nitrogen and oxygen atoms in total. The minimum Gasteiger partial charge on any atom is -0.503 e. The van der Waals surface area contributed by atoms with Gasteiger partial charge in [-0.05, 0) is 42.3 Å². The summed E-state index contributed by atoms with van der Waals surface area (Å²) in [6, 6.07) is 16.7. The van der Waals surface area contributed by atoms with Crippen LogP contribution >= 0.6 is 0 Å². The molecule has 0 bridgehead atoms. The van der Waals surface area contributed by atoms with Gasteiger partial charge in [0, 0.05) is 11.8 Å². The van der Waals surface area contributed by atoms with Crippen LogP contribution in [-0.4, -0.2) is 23.9 Å². The van der Waals surface area contributed by atoms with Crippen LogP contribution in [-0.2, 0) is 4.79 Å². The highest BCUT2D eigenvalue weighted by molar-refractivity contribution is 6.20. The number of aliphatic hydroxyl groups is 1. The summed E-state index contributed by atoms with van der Waals surface area (Å²) < 4.78 is 10.5. The van der Waals surface area contributed by atoms with E-state index in [1.54, 1.807) is 30.3 Å². The molecule has 1 unspecified atom stereocenters. The Hall–Kier alpha value is -3.80. The fourth-order valence-corrected chi connectivity index (χ4v) is 3.59. The lowest BCUT2D eigenvalue weighted by atomic mass is 9.92. The van der Waals surface area contributed by atoms with Gasteiger partial charge in [-0.15, -0.1) is 0 Å². The van der Waals surface area contributed by atoms with E-state index in [2.05, 4.69) is 0 Å². The van der Waals surface area contributed by atoms with E-state index in [1.165, 1.54) is 24.3 Å². The second kappa shape index (κ2) is 7.31. The molecule has 0 saturated carbocycles. The van der Waals surface area contributed by atoms with Crippen molar-refractivity contribution in [1.29, 1.82) is 0 Å². The Labute approximate surface area is 167 Å². The summed E-state index contributed by atoms with van der Waals surface area (Å²) in [5, 5.41) is 10.7. The number of benzene rings is 2. The van der Waals surface area contributed by atoms with Gasteiger partial charge in [-0.3, -0.25) is 14.5 Å². The monoisotopic (exact) mass is 389 g/mol. The molecule has 1 aromatic heterocycles. The lowest BCUT2D eigenvalue weighted by Gasteiger charge is -2.28.